The van der Waals surface area contributed by atoms with E-state index in [0.29, 0.717) is 17.9 Å². The molecule has 3 aromatic rings. The Morgan fingerprint density at radius 2 is 1.77 bits per heavy atom. The molecule has 0 aromatic heterocycles. The summed E-state index contributed by atoms with van der Waals surface area (Å²) in [6.07, 6.45) is 0. The van der Waals surface area contributed by atoms with Gasteiger partial charge in [0.2, 0.25) is 0 Å². The number of rotatable bonds is 7. The molecule has 0 aliphatic rings. The Morgan fingerprint density at radius 1 is 1.08 bits per heavy atom. The highest BCUT2D eigenvalue weighted by molar-refractivity contribution is 7.98. The Morgan fingerprint density at radius 3 is 2.50 bits per heavy atom. The molecule has 0 aliphatic carbocycles. The third-order valence-electron chi connectivity index (χ3n) is 4.06. The molecule has 0 aliphatic heterocycles. The molecular formula is C21H20ClNO2S. The number of fused-ring (bicyclic) bond motifs is 1. The van der Waals surface area contributed by atoms with Gasteiger partial charge < -0.3 is 10.1 Å². The highest BCUT2D eigenvalue weighted by Gasteiger charge is 2.13. The number of ether oxygens (including phenoxy) is 1. The van der Waals surface area contributed by atoms with Crippen LogP contribution in [0.15, 0.2) is 60.7 Å². The molecule has 1 N–H and O–H groups in total. The second-order valence-corrected chi connectivity index (χ2v) is 7.31. The van der Waals surface area contributed by atoms with Gasteiger partial charge in [-0.1, -0.05) is 54.1 Å². The van der Waals surface area contributed by atoms with Gasteiger partial charge >= 0.3 is 0 Å². The van der Waals surface area contributed by atoms with Crippen molar-refractivity contribution in [1.29, 1.82) is 0 Å². The van der Waals surface area contributed by atoms with E-state index >= 15 is 0 Å². The van der Waals surface area contributed by atoms with Crippen molar-refractivity contribution in [3.63, 3.8) is 0 Å². The van der Waals surface area contributed by atoms with Crippen molar-refractivity contribution in [3.8, 4) is 5.75 Å². The Hall–Kier alpha value is -2.17. The van der Waals surface area contributed by atoms with Gasteiger partial charge in [0.05, 0.1) is 12.7 Å². The zero-order valence-electron chi connectivity index (χ0n) is 14.5. The maximum atomic E-state index is 12.5. The van der Waals surface area contributed by atoms with Crippen LogP contribution in [-0.2, 0) is 5.75 Å². The van der Waals surface area contributed by atoms with Gasteiger partial charge in [0.1, 0.15) is 5.75 Å². The predicted molar refractivity (Wildman–Crippen MR) is 110 cm³/mol. The monoisotopic (exact) mass is 385 g/mol. The third kappa shape index (κ3) is 4.51. The second kappa shape index (κ2) is 8.97. The van der Waals surface area contributed by atoms with Crippen LogP contribution in [0.25, 0.3) is 10.8 Å². The lowest BCUT2D eigenvalue weighted by Crippen LogP contribution is -2.26. The molecule has 0 atom stereocenters. The molecule has 1 amide bonds. The second-order valence-electron chi connectivity index (χ2n) is 5.80. The number of nitrogens with one attached hydrogen (secondary N) is 1. The number of benzene rings is 3. The Bertz CT molecular complexity index is 913. The van der Waals surface area contributed by atoms with Crippen molar-refractivity contribution < 1.29 is 9.53 Å². The van der Waals surface area contributed by atoms with E-state index in [2.05, 4.69) is 5.32 Å². The average molecular weight is 386 g/mol. The molecule has 0 heterocycles. The summed E-state index contributed by atoms with van der Waals surface area (Å²) in [5, 5.41) is 5.82. The third-order valence-corrected chi connectivity index (χ3v) is 5.44. The van der Waals surface area contributed by atoms with Crippen LogP contribution in [0.1, 0.15) is 15.9 Å². The first kappa shape index (κ1) is 18.6. The molecule has 0 saturated heterocycles. The Labute approximate surface area is 162 Å². The van der Waals surface area contributed by atoms with Crippen LogP contribution in [0.5, 0.6) is 5.75 Å². The van der Waals surface area contributed by atoms with E-state index < -0.39 is 0 Å². The van der Waals surface area contributed by atoms with Gasteiger partial charge in [0.25, 0.3) is 5.91 Å². The normalized spacial score (nSPS) is 10.7. The summed E-state index contributed by atoms with van der Waals surface area (Å²) in [5.74, 6) is 2.11. The number of thioether (sulfide) groups is 1. The molecule has 3 nitrogen and oxygen atoms in total. The van der Waals surface area contributed by atoms with Crippen LogP contribution >= 0.6 is 23.4 Å². The molecule has 0 unspecified atom stereocenters. The topological polar surface area (TPSA) is 38.3 Å². The highest BCUT2D eigenvalue weighted by Crippen LogP contribution is 2.26. The molecule has 0 saturated carbocycles. The first-order valence-corrected chi connectivity index (χ1v) is 9.88. The summed E-state index contributed by atoms with van der Waals surface area (Å²) in [6, 6.07) is 19.5. The summed E-state index contributed by atoms with van der Waals surface area (Å²) in [4.78, 5) is 12.5. The lowest BCUT2D eigenvalue weighted by Gasteiger charge is -2.11. The number of methoxy groups -OCH3 is 1. The van der Waals surface area contributed by atoms with E-state index in [1.807, 2.05) is 60.7 Å². The van der Waals surface area contributed by atoms with Crippen molar-refractivity contribution >= 4 is 40.0 Å². The van der Waals surface area contributed by atoms with Crippen molar-refractivity contribution in [2.45, 2.75) is 5.75 Å². The fourth-order valence-electron chi connectivity index (χ4n) is 2.70. The molecular weight excluding hydrogens is 366 g/mol. The SMILES string of the molecule is COc1cc2ccccc2cc1C(=O)NCCSCc1ccccc1Cl. The van der Waals surface area contributed by atoms with E-state index in [4.69, 9.17) is 16.3 Å². The molecule has 3 aromatic carbocycles. The van der Waals surface area contributed by atoms with Crippen LogP contribution in [0.2, 0.25) is 5.02 Å². The summed E-state index contributed by atoms with van der Waals surface area (Å²) in [5.41, 5.74) is 1.67. The molecule has 0 spiro atoms. The van der Waals surface area contributed by atoms with Crippen LogP contribution < -0.4 is 10.1 Å². The van der Waals surface area contributed by atoms with Crippen molar-refractivity contribution in [1.82, 2.24) is 5.32 Å². The molecule has 26 heavy (non-hydrogen) atoms. The number of carbonyl (C=O) groups excluding carboxylic acids is 1. The first-order valence-electron chi connectivity index (χ1n) is 8.35. The zero-order valence-corrected chi connectivity index (χ0v) is 16.1. The van der Waals surface area contributed by atoms with Crippen molar-refractivity contribution in [2.24, 2.45) is 0 Å². The largest absolute Gasteiger partial charge is 0.496 e. The minimum absolute atomic E-state index is 0.119. The van der Waals surface area contributed by atoms with Gasteiger partial charge in [-0.15, -0.1) is 0 Å². The highest BCUT2D eigenvalue weighted by atomic mass is 35.5. The first-order chi connectivity index (χ1) is 12.7. The molecule has 0 fully saturated rings. The number of hydrogen-bond donors (Lipinski definition) is 1. The standard InChI is InChI=1S/C21H20ClNO2S/c1-25-20-13-16-7-3-2-6-15(16)12-18(20)21(24)23-10-11-26-14-17-8-4-5-9-19(17)22/h2-9,12-13H,10-11,14H2,1H3,(H,23,24). The molecule has 5 heteroatoms. The van der Waals surface area contributed by atoms with E-state index in [9.17, 15) is 4.79 Å². The van der Waals surface area contributed by atoms with Gasteiger partial charge in [-0.2, -0.15) is 11.8 Å². The van der Waals surface area contributed by atoms with Gasteiger partial charge in [0, 0.05) is 23.1 Å². The van der Waals surface area contributed by atoms with Crippen LogP contribution in [0.3, 0.4) is 0 Å². The Kier molecular flexibility index (Phi) is 6.42. The summed E-state index contributed by atoms with van der Waals surface area (Å²) < 4.78 is 5.39. The quantitative estimate of drug-likeness (QED) is 0.570. The lowest BCUT2D eigenvalue weighted by molar-refractivity contribution is 0.0953. The van der Waals surface area contributed by atoms with E-state index in [1.165, 1.54) is 0 Å². The Balaban J connectivity index is 1.56. The van der Waals surface area contributed by atoms with Crippen LogP contribution in [-0.4, -0.2) is 25.3 Å². The van der Waals surface area contributed by atoms with E-state index in [0.717, 1.165) is 32.9 Å². The summed E-state index contributed by atoms with van der Waals surface area (Å²) in [6.45, 7) is 0.587. The predicted octanol–water partition coefficient (Wildman–Crippen LogP) is 5.17. The molecule has 134 valence electrons. The fourth-order valence-corrected chi connectivity index (χ4v) is 3.84. The number of amides is 1. The minimum Gasteiger partial charge on any atom is -0.496 e. The summed E-state index contributed by atoms with van der Waals surface area (Å²) in [7, 11) is 1.58. The van der Waals surface area contributed by atoms with Gasteiger partial charge in [-0.05, 0) is 34.5 Å². The molecule has 0 bridgehead atoms. The smallest absolute Gasteiger partial charge is 0.255 e. The van der Waals surface area contributed by atoms with Gasteiger partial charge in [-0.3, -0.25) is 4.79 Å². The maximum Gasteiger partial charge on any atom is 0.255 e. The number of carbonyl (C=O) groups is 1. The maximum absolute atomic E-state index is 12.5. The zero-order chi connectivity index (χ0) is 18.4. The van der Waals surface area contributed by atoms with E-state index in [1.54, 1.807) is 18.9 Å². The fraction of sp³-hybridized carbons (Fsp3) is 0.190. The molecule has 0 radical (unpaired) electrons. The van der Waals surface area contributed by atoms with Crippen LogP contribution in [0, 0.1) is 0 Å². The van der Waals surface area contributed by atoms with Gasteiger partial charge in [0.15, 0.2) is 0 Å². The van der Waals surface area contributed by atoms with Crippen LogP contribution in [0.4, 0.5) is 0 Å². The minimum atomic E-state index is -0.119. The average Bonchev–Trinajstić information content (AvgIpc) is 2.67. The summed E-state index contributed by atoms with van der Waals surface area (Å²) >= 11 is 7.89. The van der Waals surface area contributed by atoms with E-state index in [-0.39, 0.29) is 5.91 Å². The van der Waals surface area contributed by atoms with Gasteiger partial charge in [-0.25, -0.2) is 0 Å². The van der Waals surface area contributed by atoms with Crippen molar-refractivity contribution in [3.05, 3.63) is 76.8 Å². The number of hydrogen-bond acceptors (Lipinski definition) is 3. The molecule has 3 rings (SSSR count). The van der Waals surface area contributed by atoms with Crippen molar-refractivity contribution in [2.75, 3.05) is 19.4 Å². The number of halogens is 1. The lowest BCUT2D eigenvalue weighted by atomic mass is 10.1.